The van der Waals surface area contributed by atoms with Gasteiger partial charge in [-0.2, -0.15) is 0 Å². The fourth-order valence-corrected chi connectivity index (χ4v) is 2.84. The van der Waals surface area contributed by atoms with Crippen LogP contribution in [-0.4, -0.2) is 14.5 Å². The third-order valence-corrected chi connectivity index (χ3v) is 3.90. The van der Waals surface area contributed by atoms with E-state index in [0.29, 0.717) is 6.42 Å². The first kappa shape index (κ1) is 11.4. The summed E-state index contributed by atoms with van der Waals surface area (Å²) in [7, 11) is 0. The van der Waals surface area contributed by atoms with Crippen LogP contribution in [0.25, 0.3) is 16.2 Å². The van der Waals surface area contributed by atoms with E-state index in [9.17, 15) is 5.11 Å². The molecule has 1 N–H and O–H groups in total. The van der Waals surface area contributed by atoms with Gasteiger partial charge in [-0.3, -0.25) is 0 Å². The molecule has 1 unspecified atom stereocenters. The molecule has 0 aliphatic rings. The van der Waals surface area contributed by atoms with E-state index in [-0.39, 0.29) is 0 Å². The van der Waals surface area contributed by atoms with Gasteiger partial charge in [-0.15, -0.1) is 11.3 Å². The molecular weight excluding hydrogens is 244 g/mol. The lowest BCUT2D eigenvalue weighted by Gasteiger charge is -2.09. The number of hydrogen-bond acceptors (Lipinski definition) is 3. The van der Waals surface area contributed by atoms with Crippen LogP contribution in [0, 0.1) is 0 Å². The lowest BCUT2D eigenvalue weighted by molar-refractivity contribution is 0.168. The minimum absolute atomic E-state index is 0.487. The zero-order valence-corrected chi connectivity index (χ0v) is 10.9. The van der Waals surface area contributed by atoms with E-state index >= 15 is 0 Å². The molecule has 3 aromatic rings. The standard InChI is InChI=1S/C14H14N2OS/c1-2-10(17)14-13(11-6-5-9-18-11)15-12-7-3-4-8-16(12)14/h3-10,17H,2H2,1H3. The highest BCUT2D eigenvalue weighted by atomic mass is 32.1. The Bertz CT molecular complexity index is 658. The summed E-state index contributed by atoms with van der Waals surface area (Å²) in [6.45, 7) is 1.98. The molecule has 0 aromatic carbocycles. The smallest absolute Gasteiger partial charge is 0.137 e. The molecule has 0 radical (unpaired) electrons. The van der Waals surface area contributed by atoms with Crippen molar-refractivity contribution in [2.45, 2.75) is 19.4 Å². The molecule has 0 spiro atoms. The quantitative estimate of drug-likeness (QED) is 0.780. The minimum atomic E-state index is -0.487. The number of imidazole rings is 1. The molecule has 18 heavy (non-hydrogen) atoms. The van der Waals surface area contributed by atoms with E-state index in [1.54, 1.807) is 11.3 Å². The molecule has 0 fully saturated rings. The minimum Gasteiger partial charge on any atom is -0.387 e. The van der Waals surface area contributed by atoms with E-state index in [1.165, 1.54) is 0 Å². The zero-order valence-electron chi connectivity index (χ0n) is 10.1. The van der Waals surface area contributed by atoms with Crippen LogP contribution in [0.1, 0.15) is 25.1 Å². The molecule has 0 aliphatic carbocycles. The van der Waals surface area contributed by atoms with Crippen molar-refractivity contribution in [3.05, 3.63) is 47.6 Å². The number of rotatable bonds is 3. The SMILES string of the molecule is CCC(O)c1c(-c2cccs2)nc2ccccn12. The van der Waals surface area contributed by atoms with Crippen LogP contribution in [0.15, 0.2) is 41.9 Å². The van der Waals surface area contributed by atoms with E-state index in [4.69, 9.17) is 0 Å². The van der Waals surface area contributed by atoms with Gasteiger partial charge in [0.25, 0.3) is 0 Å². The van der Waals surface area contributed by atoms with Gasteiger partial charge in [-0.1, -0.05) is 19.1 Å². The Morgan fingerprint density at radius 3 is 2.94 bits per heavy atom. The van der Waals surface area contributed by atoms with Gasteiger partial charge in [0.15, 0.2) is 0 Å². The molecule has 3 heterocycles. The van der Waals surface area contributed by atoms with Crippen LogP contribution in [0.3, 0.4) is 0 Å². The first-order chi connectivity index (χ1) is 8.81. The van der Waals surface area contributed by atoms with Gasteiger partial charge < -0.3 is 9.51 Å². The Balaban J connectivity index is 2.30. The van der Waals surface area contributed by atoms with Gasteiger partial charge in [0.1, 0.15) is 11.3 Å². The fraction of sp³-hybridized carbons (Fsp3) is 0.214. The van der Waals surface area contributed by atoms with Gasteiger partial charge >= 0.3 is 0 Å². The molecule has 3 nitrogen and oxygen atoms in total. The summed E-state index contributed by atoms with van der Waals surface area (Å²) in [6, 6.07) is 9.93. The van der Waals surface area contributed by atoms with Gasteiger partial charge in [-0.25, -0.2) is 4.98 Å². The lowest BCUT2D eigenvalue weighted by Crippen LogP contribution is -2.01. The number of thiophene rings is 1. The molecule has 92 valence electrons. The summed E-state index contributed by atoms with van der Waals surface area (Å²) in [4.78, 5) is 5.74. The van der Waals surface area contributed by atoms with Gasteiger partial charge in [0, 0.05) is 6.20 Å². The number of aliphatic hydroxyl groups excluding tert-OH is 1. The first-order valence-corrected chi connectivity index (χ1v) is 6.88. The third-order valence-electron chi connectivity index (χ3n) is 3.02. The van der Waals surface area contributed by atoms with Gasteiger partial charge in [0.05, 0.1) is 16.7 Å². The first-order valence-electron chi connectivity index (χ1n) is 6.00. The van der Waals surface area contributed by atoms with Crippen molar-refractivity contribution >= 4 is 17.0 Å². The number of aromatic nitrogens is 2. The van der Waals surface area contributed by atoms with Crippen molar-refractivity contribution in [2.75, 3.05) is 0 Å². The largest absolute Gasteiger partial charge is 0.387 e. The molecule has 0 aliphatic heterocycles. The normalized spacial score (nSPS) is 13.0. The highest BCUT2D eigenvalue weighted by Crippen LogP contribution is 2.32. The fourth-order valence-electron chi connectivity index (χ4n) is 2.12. The Kier molecular flexibility index (Phi) is 2.89. The third kappa shape index (κ3) is 1.74. The monoisotopic (exact) mass is 258 g/mol. The van der Waals surface area contributed by atoms with Crippen molar-refractivity contribution in [3.8, 4) is 10.6 Å². The lowest BCUT2D eigenvalue weighted by atomic mass is 10.1. The second-order valence-electron chi connectivity index (χ2n) is 4.18. The number of pyridine rings is 1. The molecule has 3 aromatic heterocycles. The van der Waals surface area contributed by atoms with Crippen LogP contribution in [0.5, 0.6) is 0 Å². The highest BCUT2D eigenvalue weighted by Gasteiger charge is 2.19. The molecule has 0 saturated heterocycles. The van der Waals surface area contributed by atoms with Crippen molar-refractivity contribution in [1.82, 2.24) is 9.38 Å². The average Bonchev–Trinajstić information content (AvgIpc) is 3.04. The van der Waals surface area contributed by atoms with Crippen LogP contribution in [0.2, 0.25) is 0 Å². The van der Waals surface area contributed by atoms with Crippen LogP contribution >= 0.6 is 11.3 Å². The van der Waals surface area contributed by atoms with Crippen LogP contribution in [-0.2, 0) is 0 Å². The average molecular weight is 258 g/mol. The van der Waals surface area contributed by atoms with Crippen molar-refractivity contribution < 1.29 is 5.11 Å². The Morgan fingerprint density at radius 2 is 2.22 bits per heavy atom. The summed E-state index contributed by atoms with van der Waals surface area (Å²) < 4.78 is 1.98. The maximum Gasteiger partial charge on any atom is 0.137 e. The van der Waals surface area contributed by atoms with E-state index in [2.05, 4.69) is 4.98 Å². The van der Waals surface area contributed by atoms with Gasteiger partial charge in [-0.05, 0) is 30.0 Å². The molecule has 0 bridgehead atoms. The summed E-state index contributed by atoms with van der Waals surface area (Å²) in [5.74, 6) is 0. The van der Waals surface area contributed by atoms with Crippen molar-refractivity contribution in [1.29, 1.82) is 0 Å². The summed E-state index contributed by atoms with van der Waals surface area (Å²) >= 11 is 1.65. The van der Waals surface area contributed by atoms with E-state index < -0.39 is 6.10 Å². The molecule has 0 saturated carbocycles. The van der Waals surface area contributed by atoms with Crippen molar-refractivity contribution in [3.63, 3.8) is 0 Å². The number of nitrogens with zero attached hydrogens (tertiary/aromatic N) is 2. The molecule has 1 atom stereocenters. The van der Waals surface area contributed by atoms with Crippen LogP contribution in [0.4, 0.5) is 0 Å². The van der Waals surface area contributed by atoms with E-state index in [1.807, 2.05) is 53.2 Å². The summed E-state index contributed by atoms with van der Waals surface area (Å²) in [6.07, 6.45) is 2.15. The Hall–Kier alpha value is -1.65. The Labute approximate surface area is 109 Å². The zero-order chi connectivity index (χ0) is 12.5. The Morgan fingerprint density at radius 1 is 1.33 bits per heavy atom. The van der Waals surface area contributed by atoms with Crippen LogP contribution < -0.4 is 0 Å². The second-order valence-corrected chi connectivity index (χ2v) is 5.12. The maximum absolute atomic E-state index is 10.2. The van der Waals surface area contributed by atoms with Gasteiger partial charge in [0.2, 0.25) is 0 Å². The number of hydrogen-bond donors (Lipinski definition) is 1. The van der Waals surface area contributed by atoms with E-state index in [0.717, 1.165) is 21.9 Å². The number of fused-ring (bicyclic) bond motifs is 1. The summed E-state index contributed by atoms with van der Waals surface area (Å²) in [5, 5.41) is 12.3. The molecule has 0 amide bonds. The van der Waals surface area contributed by atoms with Crippen molar-refractivity contribution in [2.24, 2.45) is 0 Å². The predicted molar refractivity (Wildman–Crippen MR) is 73.8 cm³/mol. The topological polar surface area (TPSA) is 37.5 Å². The second kappa shape index (κ2) is 4.55. The summed E-state index contributed by atoms with van der Waals surface area (Å²) in [5.41, 5.74) is 2.66. The molecular formula is C14H14N2OS. The number of aliphatic hydroxyl groups is 1. The highest BCUT2D eigenvalue weighted by molar-refractivity contribution is 7.13. The molecule has 4 heteroatoms. The molecule has 3 rings (SSSR count). The predicted octanol–water partition coefficient (Wildman–Crippen LogP) is 3.51. The maximum atomic E-state index is 10.2.